The fraction of sp³-hybridized carbons (Fsp3) is 0.562. The molecule has 0 bridgehead atoms. The lowest BCUT2D eigenvalue weighted by Gasteiger charge is -2.45. The Balaban J connectivity index is 1.65. The lowest BCUT2D eigenvalue weighted by Crippen LogP contribution is -2.53. The van der Waals surface area contributed by atoms with Crippen LogP contribution in [0.5, 0.6) is 0 Å². The third-order valence-corrected chi connectivity index (χ3v) is 5.42. The molecular weight excluding hydrogens is 321 g/mol. The molecule has 2 saturated heterocycles. The molecule has 2 amide bonds. The number of carbonyl (C=O) groups excluding carboxylic acids is 1. The van der Waals surface area contributed by atoms with Crippen molar-refractivity contribution in [3.05, 3.63) is 28.2 Å². The Morgan fingerprint density at radius 2 is 2.05 bits per heavy atom. The molecule has 2 aliphatic rings. The average Bonchev–Trinajstić information content (AvgIpc) is 2.52. The maximum Gasteiger partial charge on any atom is 0.321 e. The van der Waals surface area contributed by atoms with Crippen molar-refractivity contribution < 1.29 is 4.79 Å². The molecule has 2 N–H and O–H groups in total. The van der Waals surface area contributed by atoms with E-state index >= 15 is 0 Å². The van der Waals surface area contributed by atoms with Crippen molar-refractivity contribution in [2.75, 3.05) is 31.5 Å². The van der Waals surface area contributed by atoms with Crippen molar-refractivity contribution >= 4 is 34.9 Å². The Morgan fingerprint density at radius 1 is 1.23 bits per heavy atom. The van der Waals surface area contributed by atoms with Gasteiger partial charge in [0, 0.05) is 30.7 Å². The molecule has 0 aliphatic carbocycles. The van der Waals surface area contributed by atoms with Gasteiger partial charge in [0.15, 0.2) is 0 Å². The number of amides is 2. The summed E-state index contributed by atoms with van der Waals surface area (Å²) in [5.74, 6) is 0. The first-order chi connectivity index (χ1) is 10.6. The van der Waals surface area contributed by atoms with E-state index in [2.05, 4.69) is 10.6 Å². The van der Waals surface area contributed by atoms with Gasteiger partial charge in [-0.15, -0.1) is 0 Å². The number of urea groups is 1. The summed E-state index contributed by atoms with van der Waals surface area (Å²) in [7, 11) is 0. The minimum atomic E-state index is -0.0527. The standard InChI is InChI=1S/C16H21Cl2N3O/c17-13-4-3-12(9-14(13)18)20-15(22)21-8-2-6-16(11-21)5-1-7-19-10-16/h3-4,9,19H,1-2,5-8,10-11H2,(H,20,22). The lowest BCUT2D eigenvalue weighted by atomic mass is 9.74. The van der Waals surface area contributed by atoms with Crippen LogP contribution in [-0.4, -0.2) is 37.1 Å². The van der Waals surface area contributed by atoms with Gasteiger partial charge in [0.05, 0.1) is 10.0 Å². The number of nitrogens with zero attached hydrogens (tertiary/aromatic N) is 1. The quantitative estimate of drug-likeness (QED) is 0.810. The Hall–Kier alpha value is -0.970. The number of nitrogens with one attached hydrogen (secondary N) is 2. The highest BCUT2D eigenvalue weighted by atomic mass is 35.5. The lowest BCUT2D eigenvalue weighted by molar-refractivity contribution is 0.0861. The van der Waals surface area contributed by atoms with Gasteiger partial charge in [-0.05, 0) is 50.4 Å². The zero-order valence-electron chi connectivity index (χ0n) is 12.5. The first-order valence-electron chi connectivity index (χ1n) is 7.80. The highest BCUT2D eigenvalue weighted by Gasteiger charge is 2.38. The van der Waals surface area contributed by atoms with E-state index in [1.54, 1.807) is 18.2 Å². The van der Waals surface area contributed by atoms with Crippen LogP contribution in [0.1, 0.15) is 25.7 Å². The second kappa shape index (κ2) is 6.65. The molecule has 1 unspecified atom stereocenters. The summed E-state index contributed by atoms with van der Waals surface area (Å²) in [5.41, 5.74) is 0.937. The van der Waals surface area contributed by atoms with Gasteiger partial charge in [-0.1, -0.05) is 23.2 Å². The predicted molar refractivity (Wildman–Crippen MR) is 90.8 cm³/mol. The van der Waals surface area contributed by atoms with Crippen LogP contribution in [0, 0.1) is 5.41 Å². The van der Waals surface area contributed by atoms with Crippen molar-refractivity contribution in [2.45, 2.75) is 25.7 Å². The number of benzene rings is 1. The second-order valence-corrected chi connectivity index (χ2v) is 7.18. The largest absolute Gasteiger partial charge is 0.324 e. The zero-order chi connectivity index (χ0) is 15.6. The summed E-state index contributed by atoms with van der Waals surface area (Å²) >= 11 is 11.9. The molecule has 3 rings (SSSR count). The van der Waals surface area contributed by atoms with Crippen LogP contribution in [0.15, 0.2) is 18.2 Å². The SMILES string of the molecule is O=C(Nc1ccc(Cl)c(Cl)c1)N1CCCC2(CCCNC2)C1. The van der Waals surface area contributed by atoms with Crippen LogP contribution >= 0.6 is 23.2 Å². The van der Waals surface area contributed by atoms with Crippen molar-refractivity contribution in [3.8, 4) is 0 Å². The summed E-state index contributed by atoms with van der Waals surface area (Å²) in [6.45, 7) is 3.75. The normalized spacial score (nSPS) is 25.3. The third-order valence-electron chi connectivity index (χ3n) is 4.68. The van der Waals surface area contributed by atoms with Gasteiger partial charge in [0.25, 0.3) is 0 Å². The van der Waals surface area contributed by atoms with Gasteiger partial charge in [0.1, 0.15) is 0 Å². The van der Waals surface area contributed by atoms with E-state index < -0.39 is 0 Å². The van der Waals surface area contributed by atoms with Crippen LogP contribution in [0.25, 0.3) is 0 Å². The number of piperidine rings is 2. The summed E-state index contributed by atoms with van der Waals surface area (Å²) in [5, 5.41) is 7.34. The van der Waals surface area contributed by atoms with E-state index in [1.807, 2.05) is 4.90 Å². The second-order valence-electron chi connectivity index (χ2n) is 6.36. The van der Waals surface area contributed by atoms with Crippen molar-refractivity contribution in [2.24, 2.45) is 5.41 Å². The van der Waals surface area contributed by atoms with E-state index in [4.69, 9.17) is 23.2 Å². The van der Waals surface area contributed by atoms with Crippen molar-refractivity contribution in [1.29, 1.82) is 0 Å². The molecule has 2 aliphatic heterocycles. The number of hydrogen-bond donors (Lipinski definition) is 2. The number of rotatable bonds is 1. The topological polar surface area (TPSA) is 44.4 Å². The van der Waals surface area contributed by atoms with Crippen LogP contribution < -0.4 is 10.6 Å². The molecule has 1 atom stereocenters. The first kappa shape index (κ1) is 15.9. The summed E-state index contributed by atoms with van der Waals surface area (Å²) < 4.78 is 0. The molecule has 22 heavy (non-hydrogen) atoms. The summed E-state index contributed by atoms with van der Waals surface area (Å²) in [6, 6.07) is 5.10. The van der Waals surface area contributed by atoms with Crippen LogP contribution in [0.3, 0.4) is 0 Å². The molecule has 0 radical (unpaired) electrons. The van der Waals surface area contributed by atoms with E-state index in [9.17, 15) is 4.79 Å². The molecule has 0 saturated carbocycles. The summed E-state index contributed by atoms with van der Waals surface area (Å²) in [4.78, 5) is 14.4. The van der Waals surface area contributed by atoms with E-state index in [1.165, 1.54) is 19.3 Å². The molecule has 1 aromatic rings. The van der Waals surface area contributed by atoms with Crippen LogP contribution in [0.2, 0.25) is 10.0 Å². The molecule has 2 fully saturated rings. The summed E-state index contributed by atoms with van der Waals surface area (Å²) in [6.07, 6.45) is 4.67. The van der Waals surface area contributed by atoms with Gasteiger partial charge < -0.3 is 15.5 Å². The molecular formula is C16H21Cl2N3O. The molecule has 0 aromatic heterocycles. The van der Waals surface area contributed by atoms with Crippen LogP contribution in [-0.2, 0) is 0 Å². The highest BCUT2D eigenvalue weighted by Crippen LogP contribution is 2.36. The number of halogens is 2. The predicted octanol–water partition coefficient (Wildman–Crippen LogP) is 3.99. The maximum absolute atomic E-state index is 12.5. The van der Waals surface area contributed by atoms with Crippen molar-refractivity contribution in [1.82, 2.24) is 10.2 Å². The fourth-order valence-electron chi connectivity index (χ4n) is 3.54. The van der Waals surface area contributed by atoms with Gasteiger partial charge in [-0.2, -0.15) is 0 Å². The molecule has 4 nitrogen and oxygen atoms in total. The van der Waals surface area contributed by atoms with Gasteiger partial charge in [-0.25, -0.2) is 4.79 Å². The zero-order valence-corrected chi connectivity index (χ0v) is 14.0. The maximum atomic E-state index is 12.5. The number of hydrogen-bond acceptors (Lipinski definition) is 2. The fourth-order valence-corrected chi connectivity index (χ4v) is 3.83. The van der Waals surface area contributed by atoms with E-state index in [-0.39, 0.29) is 11.4 Å². The Kier molecular flexibility index (Phi) is 4.81. The van der Waals surface area contributed by atoms with Gasteiger partial charge >= 0.3 is 6.03 Å². The van der Waals surface area contributed by atoms with E-state index in [0.29, 0.717) is 15.7 Å². The Labute approximate surface area is 141 Å². The van der Waals surface area contributed by atoms with Gasteiger partial charge in [-0.3, -0.25) is 0 Å². The molecule has 1 spiro atoms. The molecule has 1 aromatic carbocycles. The average molecular weight is 342 g/mol. The van der Waals surface area contributed by atoms with E-state index in [0.717, 1.165) is 32.6 Å². The van der Waals surface area contributed by atoms with Crippen LogP contribution in [0.4, 0.5) is 10.5 Å². The third kappa shape index (κ3) is 3.50. The van der Waals surface area contributed by atoms with Crippen molar-refractivity contribution in [3.63, 3.8) is 0 Å². The minimum Gasteiger partial charge on any atom is -0.324 e. The first-order valence-corrected chi connectivity index (χ1v) is 8.55. The number of anilines is 1. The Morgan fingerprint density at radius 3 is 2.77 bits per heavy atom. The number of carbonyl (C=O) groups is 1. The highest BCUT2D eigenvalue weighted by molar-refractivity contribution is 6.42. The molecule has 6 heteroatoms. The molecule has 120 valence electrons. The van der Waals surface area contributed by atoms with Gasteiger partial charge in [0.2, 0.25) is 0 Å². The number of likely N-dealkylation sites (tertiary alicyclic amines) is 1. The minimum absolute atomic E-state index is 0.0527. The Bertz CT molecular complexity index is 553. The molecule has 2 heterocycles. The smallest absolute Gasteiger partial charge is 0.321 e. The monoisotopic (exact) mass is 341 g/mol.